The summed E-state index contributed by atoms with van der Waals surface area (Å²) in [5, 5.41) is 9.68. The molecule has 1 unspecified atom stereocenters. The summed E-state index contributed by atoms with van der Waals surface area (Å²) in [7, 11) is 6.41. The summed E-state index contributed by atoms with van der Waals surface area (Å²) in [6.45, 7) is 1.17. The first-order valence-electron chi connectivity index (χ1n) is 14.8. The van der Waals surface area contributed by atoms with Crippen LogP contribution >= 0.6 is 0 Å². The molecule has 3 N–H and O–H groups in total. The summed E-state index contributed by atoms with van der Waals surface area (Å²) in [6, 6.07) is 27.6. The van der Waals surface area contributed by atoms with Crippen molar-refractivity contribution in [2.45, 2.75) is 24.4 Å². The van der Waals surface area contributed by atoms with Crippen molar-refractivity contribution in [1.29, 1.82) is 0 Å². The number of amides is 2. The fraction of sp³-hybridized carbons (Fsp3) is 0.278. The van der Waals surface area contributed by atoms with Crippen LogP contribution in [0.15, 0.2) is 91.0 Å². The van der Waals surface area contributed by atoms with Gasteiger partial charge in [0.2, 0.25) is 5.91 Å². The molecule has 9 heteroatoms. The normalized spacial score (nSPS) is 14.5. The van der Waals surface area contributed by atoms with Crippen molar-refractivity contribution in [2.75, 3.05) is 41.5 Å². The summed E-state index contributed by atoms with van der Waals surface area (Å²) in [5.74, 6) is 2.10. The molecule has 5 rings (SSSR count). The smallest absolute Gasteiger partial charge is 0.252 e. The number of hydrogen-bond donors (Lipinski definition) is 3. The number of carbonyl (C=O) groups is 2. The van der Waals surface area contributed by atoms with Gasteiger partial charge < -0.3 is 34.9 Å². The molecule has 1 aliphatic rings. The lowest BCUT2D eigenvalue weighted by atomic mass is 9.85. The van der Waals surface area contributed by atoms with Crippen LogP contribution in [0.4, 0.5) is 0 Å². The third kappa shape index (κ3) is 7.05. The van der Waals surface area contributed by atoms with E-state index in [4.69, 9.17) is 18.9 Å². The van der Waals surface area contributed by atoms with Crippen LogP contribution in [0.2, 0.25) is 0 Å². The van der Waals surface area contributed by atoms with E-state index < -0.39 is 11.6 Å². The standard InChI is InChI=1S/C36H39N3O6/c1-42-28-13-9-25(10-14-28)24-5-7-27(8-6-24)34(40)39-36(19-21-37-22-20-36)35(41)38-33(26-11-15-29(43-2)16-12-26)31-18-17-30(44-3)23-32(31)45-4/h5-18,23,33,37H,19-22H2,1-4H3,(H,38,41)(H,39,40). The van der Waals surface area contributed by atoms with E-state index in [0.717, 1.165) is 28.0 Å². The van der Waals surface area contributed by atoms with Crippen molar-refractivity contribution in [3.63, 3.8) is 0 Å². The number of benzene rings is 4. The third-order valence-corrected chi connectivity index (χ3v) is 8.29. The zero-order chi connectivity index (χ0) is 31.8. The molecule has 4 aromatic rings. The molecule has 2 amide bonds. The van der Waals surface area contributed by atoms with Crippen LogP contribution in [-0.4, -0.2) is 58.9 Å². The molecular formula is C36H39N3O6. The molecule has 0 bridgehead atoms. The molecule has 0 saturated carbocycles. The molecule has 1 fully saturated rings. The first kappa shape index (κ1) is 31.4. The fourth-order valence-electron chi connectivity index (χ4n) is 5.61. The highest BCUT2D eigenvalue weighted by molar-refractivity contribution is 6.00. The van der Waals surface area contributed by atoms with E-state index in [2.05, 4.69) is 16.0 Å². The quantitative estimate of drug-likeness (QED) is 0.216. The Morgan fingerprint density at radius 1 is 0.689 bits per heavy atom. The zero-order valence-electron chi connectivity index (χ0n) is 26.0. The van der Waals surface area contributed by atoms with Crippen molar-refractivity contribution >= 4 is 11.8 Å². The Kier molecular flexibility index (Phi) is 9.89. The van der Waals surface area contributed by atoms with Gasteiger partial charge in [-0.3, -0.25) is 9.59 Å². The van der Waals surface area contributed by atoms with Crippen molar-refractivity contribution in [3.05, 3.63) is 108 Å². The Morgan fingerprint density at radius 2 is 1.22 bits per heavy atom. The molecule has 234 valence electrons. The second kappa shape index (κ2) is 14.2. The molecule has 9 nitrogen and oxygen atoms in total. The Bertz CT molecular complexity index is 1600. The Balaban J connectivity index is 1.42. The minimum Gasteiger partial charge on any atom is -0.497 e. The number of piperidine rings is 1. The highest BCUT2D eigenvalue weighted by Gasteiger charge is 2.42. The van der Waals surface area contributed by atoms with Crippen molar-refractivity contribution < 1.29 is 28.5 Å². The first-order valence-corrected chi connectivity index (χ1v) is 14.8. The summed E-state index contributed by atoms with van der Waals surface area (Å²) in [4.78, 5) is 28.0. The highest BCUT2D eigenvalue weighted by atomic mass is 16.5. The van der Waals surface area contributed by atoms with E-state index >= 15 is 0 Å². The summed E-state index contributed by atoms with van der Waals surface area (Å²) in [6.07, 6.45) is 0.868. The SMILES string of the molecule is COc1ccc(-c2ccc(C(=O)NC3(C(=O)NC(c4ccc(OC)cc4)c4ccc(OC)cc4OC)CCNCC3)cc2)cc1. The highest BCUT2D eigenvalue weighted by Crippen LogP contribution is 2.35. The van der Waals surface area contributed by atoms with Crippen LogP contribution in [0, 0.1) is 0 Å². The minimum atomic E-state index is -1.12. The average molecular weight is 610 g/mol. The number of hydrogen-bond acceptors (Lipinski definition) is 7. The predicted octanol–water partition coefficient (Wildman–Crippen LogP) is 5.15. The van der Waals surface area contributed by atoms with E-state index in [1.807, 2.05) is 72.8 Å². The van der Waals surface area contributed by atoms with Crippen LogP contribution in [0.25, 0.3) is 11.1 Å². The zero-order valence-corrected chi connectivity index (χ0v) is 26.0. The lowest BCUT2D eigenvalue weighted by Gasteiger charge is -2.38. The minimum absolute atomic E-state index is 0.272. The maximum Gasteiger partial charge on any atom is 0.252 e. The summed E-state index contributed by atoms with van der Waals surface area (Å²) >= 11 is 0. The van der Waals surface area contributed by atoms with Gasteiger partial charge in [-0.1, -0.05) is 36.4 Å². The summed E-state index contributed by atoms with van der Waals surface area (Å²) < 4.78 is 21.7. The van der Waals surface area contributed by atoms with E-state index in [9.17, 15) is 9.59 Å². The molecule has 0 aromatic heterocycles. The molecule has 1 atom stereocenters. The van der Waals surface area contributed by atoms with Gasteiger partial charge in [0.05, 0.1) is 34.5 Å². The van der Waals surface area contributed by atoms with Crippen molar-refractivity contribution in [3.8, 4) is 34.1 Å². The van der Waals surface area contributed by atoms with Crippen LogP contribution in [-0.2, 0) is 4.79 Å². The van der Waals surface area contributed by atoms with Gasteiger partial charge in [0.25, 0.3) is 5.91 Å². The van der Waals surface area contributed by atoms with Crippen LogP contribution in [0.1, 0.15) is 40.4 Å². The Hall–Kier alpha value is -5.02. The van der Waals surface area contributed by atoms with Gasteiger partial charge >= 0.3 is 0 Å². The molecule has 1 saturated heterocycles. The maximum atomic E-state index is 14.3. The van der Waals surface area contributed by atoms with Crippen molar-refractivity contribution in [2.24, 2.45) is 0 Å². The van der Waals surface area contributed by atoms with Gasteiger partial charge in [-0.2, -0.15) is 0 Å². The number of rotatable bonds is 11. The second-order valence-electron chi connectivity index (χ2n) is 10.9. The maximum absolute atomic E-state index is 14.3. The molecule has 45 heavy (non-hydrogen) atoms. The lowest BCUT2D eigenvalue weighted by molar-refractivity contribution is -0.129. The fourth-order valence-corrected chi connectivity index (χ4v) is 5.61. The first-order chi connectivity index (χ1) is 21.9. The molecule has 1 aliphatic heterocycles. The van der Waals surface area contributed by atoms with Crippen LogP contribution in [0.3, 0.4) is 0 Å². The van der Waals surface area contributed by atoms with E-state index in [1.165, 1.54) is 0 Å². The Morgan fingerprint density at radius 3 is 1.78 bits per heavy atom. The molecule has 1 heterocycles. The van der Waals surface area contributed by atoms with Gasteiger partial charge in [-0.25, -0.2) is 0 Å². The van der Waals surface area contributed by atoms with E-state index in [-0.39, 0.29) is 11.8 Å². The van der Waals surface area contributed by atoms with Crippen LogP contribution in [0.5, 0.6) is 23.0 Å². The van der Waals surface area contributed by atoms with E-state index in [1.54, 1.807) is 46.6 Å². The largest absolute Gasteiger partial charge is 0.497 e. The molecular weight excluding hydrogens is 570 g/mol. The van der Waals surface area contributed by atoms with Gasteiger partial charge in [0.15, 0.2) is 0 Å². The van der Waals surface area contributed by atoms with Gasteiger partial charge in [0, 0.05) is 17.2 Å². The number of carbonyl (C=O) groups excluding carboxylic acids is 2. The second-order valence-corrected chi connectivity index (χ2v) is 10.9. The van der Waals surface area contributed by atoms with Gasteiger partial charge in [-0.15, -0.1) is 0 Å². The average Bonchev–Trinajstić information content (AvgIpc) is 3.10. The number of nitrogens with one attached hydrogen (secondary N) is 3. The lowest BCUT2D eigenvalue weighted by Crippen LogP contribution is -2.63. The summed E-state index contributed by atoms with van der Waals surface area (Å²) in [5.41, 5.74) is 2.91. The van der Waals surface area contributed by atoms with Crippen molar-refractivity contribution in [1.82, 2.24) is 16.0 Å². The molecule has 4 aromatic carbocycles. The van der Waals surface area contributed by atoms with Gasteiger partial charge in [-0.05, 0) is 91.2 Å². The molecule has 0 aliphatic carbocycles. The molecule has 0 spiro atoms. The Labute approximate surface area is 263 Å². The number of ether oxygens (including phenoxy) is 4. The van der Waals surface area contributed by atoms with Crippen LogP contribution < -0.4 is 34.9 Å². The monoisotopic (exact) mass is 609 g/mol. The predicted molar refractivity (Wildman–Crippen MR) is 173 cm³/mol. The van der Waals surface area contributed by atoms with Gasteiger partial charge in [0.1, 0.15) is 28.5 Å². The topological polar surface area (TPSA) is 107 Å². The number of methoxy groups -OCH3 is 4. The van der Waals surface area contributed by atoms with E-state index in [0.29, 0.717) is 48.7 Å². The third-order valence-electron chi connectivity index (χ3n) is 8.29. The molecule has 0 radical (unpaired) electrons.